The van der Waals surface area contributed by atoms with E-state index in [0.29, 0.717) is 17.2 Å². The van der Waals surface area contributed by atoms with Crippen molar-refractivity contribution in [2.75, 3.05) is 0 Å². The quantitative estimate of drug-likeness (QED) is 0.150. The summed E-state index contributed by atoms with van der Waals surface area (Å²) in [4.78, 5) is 9.65. The Hall–Kier alpha value is -5.56. The molecule has 6 heteroatoms. The molecule has 0 bridgehead atoms. The van der Waals surface area contributed by atoms with E-state index in [4.69, 9.17) is 20.6 Å². The zero-order chi connectivity index (χ0) is 32.5. The summed E-state index contributed by atoms with van der Waals surface area (Å²) in [5, 5.41) is 4.19. The van der Waals surface area contributed by atoms with E-state index in [-0.39, 0.29) is 0 Å². The molecule has 0 radical (unpaired) electrons. The number of pyridine rings is 2. The fraction of sp³-hybridized carbons (Fsp3) is 0.0476. The number of nitrogens with zero attached hydrogens (tertiary/aromatic N) is 2. The fourth-order valence-corrected chi connectivity index (χ4v) is 8.95. The number of rotatable bonds is 8. The summed E-state index contributed by atoms with van der Waals surface area (Å²) in [7, 11) is 0. The number of hydrogen-bond acceptors (Lipinski definition) is 5. The van der Waals surface area contributed by atoms with Crippen LogP contribution in [0.2, 0.25) is 0 Å². The molecule has 0 N–H and O–H groups in total. The van der Waals surface area contributed by atoms with Crippen LogP contribution in [0, 0.1) is 13.8 Å². The normalized spacial score (nSPS) is 11.1. The SMILES string of the molecule is Cc1ccc2cccc([O][Ga]([O]c3ccc4cc(-c5ccccc5)ccc4c3-c3ccccc3)[O]c3cccc4ccc(C)nc34)c2n1. The third kappa shape index (κ3) is 5.99. The van der Waals surface area contributed by atoms with E-state index in [1.54, 1.807) is 0 Å². The van der Waals surface area contributed by atoms with Gasteiger partial charge in [-0.2, -0.15) is 0 Å². The molecule has 0 aliphatic carbocycles. The second-order valence-electron chi connectivity index (χ2n) is 11.8. The standard InChI is InChI=1S/C22H16O.2C10H9NO.Ga/c23-21-14-12-19-15-18(16-7-3-1-4-8-16)11-13-20(19)22(21)17-9-5-2-6-10-17;2*1-7-5-6-8-3-2-4-9(12)10(8)11-7;/h1-15,23H;2*2-6,12H,1H3;/q;;;+3/p-3. The first kappa shape index (κ1) is 29.8. The van der Waals surface area contributed by atoms with Crippen LogP contribution in [0.1, 0.15) is 11.4 Å². The van der Waals surface area contributed by atoms with Crippen molar-refractivity contribution < 1.29 is 10.6 Å². The van der Waals surface area contributed by atoms with Crippen molar-refractivity contribution in [3.8, 4) is 39.5 Å². The first-order chi connectivity index (χ1) is 23.6. The minimum atomic E-state index is -3.68. The van der Waals surface area contributed by atoms with Gasteiger partial charge < -0.3 is 0 Å². The van der Waals surface area contributed by atoms with Gasteiger partial charge in [0.2, 0.25) is 0 Å². The van der Waals surface area contributed by atoms with Crippen molar-refractivity contribution in [2.45, 2.75) is 13.8 Å². The van der Waals surface area contributed by atoms with E-state index in [1.807, 2.05) is 80.6 Å². The van der Waals surface area contributed by atoms with Crippen molar-refractivity contribution >= 4 is 49.9 Å². The molecule has 2 aromatic heterocycles. The van der Waals surface area contributed by atoms with Crippen LogP contribution in [-0.2, 0) is 0 Å². The first-order valence-corrected chi connectivity index (χ1v) is 19.0. The molecular weight excluding hydrogens is 650 g/mol. The zero-order valence-electron chi connectivity index (χ0n) is 26.6. The Bertz CT molecular complexity index is 2330. The number of para-hydroxylation sites is 2. The van der Waals surface area contributed by atoms with Gasteiger partial charge in [-0.15, -0.1) is 0 Å². The van der Waals surface area contributed by atoms with E-state index in [2.05, 4.69) is 84.9 Å². The van der Waals surface area contributed by atoms with Crippen LogP contribution < -0.4 is 10.6 Å². The molecule has 48 heavy (non-hydrogen) atoms. The van der Waals surface area contributed by atoms with Gasteiger partial charge in [-0.05, 0) is 0 Å². The second kappa shape index (κ2) is 12.9. The number of hydrogen-bond donors (Lipinski definition) is 0. The molecule has 8 rings (SSSR count). The van der Waals surface area contributed by atoms with E-state index in [0.717, 1.165) is 60.7 Å². The minimum absolute atomic E-state index is 0.639. The van der Waals surface area contributed by atoms with Crippen molar-refractivity contribution in [2.24, 2.45) is 0 Å². The summed E-state index contributed by atoms with van der Waals surface area (Å²) < 4.78 is 20.6. The van der Waals surface area contributed by atoms with E-state index in [9.17, 15) is 0 Å². The third-order valence-electron chi connectivity index (χ3n) is 8.47. The summed E-state index contributed by atoms with van der Waals surface area (Å²) >= 11 is -3.68. The number of aromatic nitrogens is 2. The Labute approximate surface area is 285 Å². The molecule has 0 unspecified atom stereocenters. The molecule has 5 nitrogen and oxygen atoms in total. The molecule has 0 saturated carbocycles. The molecule has 8 aromatic rings. The van der Waals surface area contributed by atoms with Crippen molar-refractivity contribution in [1.29, 1.82) is 0 Å². The van der Waals surface area contributed by atoms with Gasteiger partial charge in [-0.3, -0.25) is 0 Å². The number of fused-ring (bicyclic) bond motifs is 3. The van der Waals surface area contributed by atoms with Gasteiger partial charge >= 0.3 is 287 Å². The van der Waals surface area contributed by atoms with Crippen LogP contribution in [-0.4, -0.2) is 27.3 Å². The van der Waals surface area contributed by atoms with Gasteiger partial charge in [0.25, 0.3) is 0 Å². The summed E-state index contributed by atoms with van der Waals surface area (Å²) in [6.07, 6.45) is 0. The van der Waals surface area contributed by atoms with Gasteiger partial charge in [0, 0.05) is 0 Å². The third-order valence-corrected chi connectivity index (χ3v) is 11.3. The van der Waals surface area contributed by atoms with Gasteiger partial charge in [0.1, 0.15) is 0 Å². The maximum atomic E-state index is 6.98. The Balaban J connectivity index is 1.26. The predicted octanol–water partition coefficient (Wildman–Crippen LogP) is 10.4. The first-order valence-electron chi connectivity index (χ1n) is 16.0. The topological polar surface area (TPSA) is 53.5 Å². The van der Waals surface area contributed by atoms with Crippen LogP contribution in [0.3, 0.4) is 0 Å². The Morgan fingerprint density at radius 1 is 0.417 bits per heavy atom. The molecule has 0 aliphatic rings. The summed E-state index contributed by atoms with van der Waals surface area (Å²) in [5.41, 5.74) is 7.77. The average molecular weight is 681 g/mol. The molecule has 0 spiro atoms. The van der Waals surface area contributed by atoms with Crippen molar-refractivity contribution in [3.05, 3.63) is 163 Å². The van der Waals surface area contributed by atoms with E-state index in [1.165, 1.54) is 5.56 Å². The predicted molar refractivity (Wildman–Crippen MR) is 195 cm³/mol. The molecular formula is C42H31GaN2O3. The van der Waals surface area contributed by atoms with Gasteiger partial charge in [0.05, 0.1) is 0 Å². The Morgan fingerprint density at radius 2 is 0.958 bits per heavy atom. The Morgan fingerprint density at radius 3 is 1.56 bits per heavy atom. The van der Waals surface area contributed by atoms with Crippen molar-refractivity contribution in [3.63, 3.8) is 0 Å². The van der Waals surface area contributed by atoms with Crippen molar-refractivity contribution in [1.82, 2.24) is 9.97 Å². The monoisotopic (exact) mass is 680 g/mol. The number of benzene rings is 6. The average Bonchev–Trinajstić information content (AvgIpc) is 3.12. The molecule has 0 aliphatic heterocycles. The molecule has 0 amide bonds. The molecule has 0 fully saturated rings. The van der Waals surface area contributed by atoms with Crippen LogP contribution in [0.5, 0.6) is 17.2 Å². The zero-order valence-corrected chi connectivity index (χ0v) is 29.1. The van der Waals surface area contributed by atoms with Gasteiger partial charge in [-0.1, -0.05) is 0 Å². The van der Waals surface area contributed by atoms with Crippen LogP contribution in [0.4, 0.5) is 0 Å². The molecule has 0 saturated heterocycles. The van der Waals surface area contributed by atoms with Crippen LogP contribution in [0.25, 0.3) is 54.8 Å². The van der Waals surface area contributed by atoms with E-state index >= 15 is 0 Å². The molecule has 0 atom stereocenters. The van der Waals surface area contributed by atoms with Crippen LogP contribution >= 0.6 is 0 Å². The summed E-state index contributed by atoms with van der Waals surface area (Å²) in [5.74, 6) is 1.99. The van der Waals surface area contributed by atoms with Gasteiger partial charge in [-0.25, -0.2) is 0 Å². The summed E-state index contributed by atoms with van der Waals surface area (Å²) in [6.45, 7) is 3.97. The molecule has 2 heterocycles. The van der Waals surface area contributed by atoms with Crippen LogP contribution in [0.15, 0.2) is 152 Å². The molecule has 230 valence electrons. The molecule has 6 aromatic carbocycles. The Kier molecular flexibility index (Phi) is 8.02. The van der Waals surface area contributed by atoms with Gasteiger partial charge in [0.15, 0.2) is 0 Å². The van der Waals surface area contributed by atoms with E-state index < -0.39 is 17.3 Å². The second-order valence-corrected chi connectivity index (χ2v) is 14.5. The summed E-state index contributed by atoms with van der Waals surface area (Å²) in [6, 6.07) is 51.6. The fourth-order valence-electron chi connectivity index (χ4n) is 6.13. The maximum absolute atomic E-state index is 6.98. The number of aryl methyl sites for hydroxylation is 2.